The SMILES string of the molecule is Cc1ccc([N+](=O)[O-])c(C(=O)N2CCC3(CCNC3)C2)c1.Cl. The highest BCUT2D eigenvalue weighted by Crippen LogP contribution is 2.37. The minimum atomic E-state index is -0.477. The number of rotatable bonds is 2. The molecule has 2 heterocycles. The molecule has 1 amide bonds. The van der Waals surface area contributed by atoms with Crippen molar-refractivity contribution in [3.63, 3.8) is 0 Å². The first-order valence-electron chi connectivity index (χ1n) is 7.26. The first-order valence-corrected chi connectivity index (χ1v) is 7.26. The summed E-state index contributed by atoms with van der Waals surface area (Å²) in [6.45, 7) is 5.15. The van der Waals surface area contributed by atoms with Gasteiger partial charge in [-0.1, -0.05) is 6.07 Å². The summed E-state index contributed by atoms with van der Waals surface area (Å²) in [4.78, 5) is 25.1. The number of halogens is 1. The Morgan fingerprint density at radius 3 is 2.82 bits per heavy atom. The highest BCUT2D eigenvalue weighted by molar-refractivity contribution is 5.98. The van der Waals surface area contributed by atoms with E-state index in [9.17, 15) is 14.9 Å². The van der Waals surface area contributed by atoms with Gasteiger partial charge in [0.05, 0.1) is 4.92 Å². The van der Waals surface area contributed by atoms with E-state index in [0.717, 1.165) is 31.5 Å². The van der Waals surface area contributed by atoms with Gasteiger partial charge in [0.1, 0.15) is 5.56 Å². The highest BCUT2D eigenvalue weighted by Gasteiger charge is 2.42. The molecule has 1 N–H and O–H groups in total. The Hall–Kier alpha value is -1.66. The second-order valence-electron chi connectivity index (χ2n) is 6.18. The molecule has 2 saturated heterocycles. The van der Waals surface area contributed by atoms with Gasteiger partial charge in [0.25, 0.3) is 11.6 Å². The molecular weight excluding hydrogens is 306 g/mol. The molecule has 7 heteroatoms. The van der Waals surface area contributed by atoms with Crippen LogP contribution in [0.1, 0.15) is 28.8 Å². The van der Waals surface area contributed by atoms with E-state index in [0.29, 0.717) is 13.1 Å². The van der Waals surface area contributed by atoms with Gasteiger partial charge in [-0.3, -0.25) is 14.9 Å². The molecule has 22 heavy (non-hydrogen) atoms. The fourth-order valence-corrected chi connectivity index (χ4v) is 3.40. The molecule has 2 fully saturated rings. The third-order valence-electron chi connectivity index (χ3n) is 4.64. The Balaban J connectivity index is 0.00000176. The van der Waals surface area contributed by atoms with E-state index in [1.165, 1.54) is 6.07 Å². The predicted molar refractivity (Wildman–Crippen MR) is 85.5 cm³/mol. The first-order chi connectivity index (χ1) is 10.0. The average molecular weight is 326 g/mol. The van der Waals surface area contributed by atoms with Crippen molar-refractivity contribution in [2.24, 2.45) is 5.41 Å². The Labute approximate surface area is 135 Å². The summed E-state index contributed by atoms with van der Waals surface area (Å²) in [5.41, 5.74) is 1.15. The molecule has 0 aromatic heterocycles. The molecule has 0 bridgehead atoms. The van der Waals surface area contributed by atoms with Gasteiger partial charge in [0.15, 0.2) is 0 Å². The molecule has 0 radical (unpaired) electrons. The summed E-state index contributed by atoms with van der Waals surface area (Å²) in [6, 6.07) is 4.71. The van der Waals surface area contributed by atoms with Crippen LogP contribution < -0.4 is 5.32 Å². The third kappa shape index (κ3) is 2.94. The number of nitrogens with one attached hydrogen (secondary N) is 1. The van der Waals surface area contributed by atoms with Crippen LogP contribution in [0.15, 0.2) is 18.2 Å². The predicted octanol–water partition coefficient (Wildman–Crippen LogP) is 2.15. The summed E-state index contributed by atoms with van der Waals surface area (Å²) < 4.78 is 0. The molecular formula is C15H20ClN3O3. The zero-order valence-corrected chi connectivity index (χ0v) is 13.3. The minimum absolute atomic E-state index is 0. The maximum atomic E-state index is 12.7. The molecule has 2 aliphatic rings. The van der Waals surface area contributed by atoms with E-state index in [4.69, 9.17) is 0 Å². The molecule has 1 unspecified atom stereocenters. The summed E-state index contributed by atoms with van der Waals surface area (Å²) in [7, 11) is 0. The van der Waals surface area contributed by atoms with Crippen molar-refractivity contribution in [3.8, 4) is 0 Å². The van der Waals surface area contributed by atoms with Crippen LogP contribution in [0.5, 0.6) is 0 Å². The van der Waals surface area contributed by atoms with Crippen LogP contribution in [-0.2, 0) is 0 Å². The van der Waals surface area contributed by atoms with Crippen LogP contribution >= 0.6 is 12.4 Å². The Bertz CT molecular complexity index is 600. The average Bonchev–Trinajstić information content (AvgIpc) is 3.08. The lowest BCUT2D eigenvalue weighted by Gasteiger charge is -2.22. The largest absolute Gasteiger partial charge is 0.338 e. The number of likely N-dealkylation sites (tertiary alicyclic amines) is 1. The molecule has 0 aliphatic carbocycles. The van der Waals surface area contributed by atoms with Crippen LogP contribution in [0, 0.1) is 22.5 Å². The van der Waals surface area contributed by atoms with Crippen LogP contribution in [0.4, 0.5) is 5.69 Å². The van der Waals surface area contributed by atoms with E-state index >= 15 is 0 Å². The van der Waals surface area contributed by atoms with Gasteiger partial charge in [-0.2, -0.15) is 0 Å². The van der Waals surface area contributed by atoms with Crippen LogP contribution in [0.3, 0.4) is 0 Å². The maximum Gasteiger partial charge on any atom is 0.282 e. The monoisotopic (exact) mass is 325 g/mol. The molecule has 6 nitrogen and oxygen atoms in total. The van der Waals surface area contributed by atoms with E-state index in [-0.39, 0.29) is 35.0 Å². The molecule has 1 atom stereocenters. The van der Waals surface area contributed by atoms with Gasteiger partial charge < -0.3 is 10.2 Å². The number of nitro benzene ring substituents is 1. The quantitative estimate of drug-likeness (QED) is 0.667. The van der Waals surface area contributed by atoms with E-state index in [2.05, 4.69) is 5.32 Å². The number of hydrogen-bond donors (Lipinski definition) is 1. The van der Waals surface area contributed by atoms with Gasteiger partial charge in [0.2, 0.25) is 0 Å². The lowest BCUT2D eigenvalue weighted by Crippen LogP contribution is -2.33. The molecule has 2 aliphatic heterocycles. The summed E-state index contributed by atoms with van der Waals surface area (Å²) >= 11 is 0. The number of hydrogen-bond acceptors (Lipinski definition) is 4. The van der Waals surface area contributed by atoms with Gasteiger partial charge >= 0.3 is 0 Å². The third-order valence-corrected chi connectivity index (χ3v) is 4.64. The molecule has 3 rings (SSSR count). The van der Waals surface area contributed by atoms with Crippen LogP contribution in [0.2, 0.25) is 0 Å². The fourth-order valence-electron chi connectivity index (χ4n) is 3.40. The fraction of sp³-hybridized carbons (Fsp3) is 0.533. The number of benzene rings is 1. The first kappa shape index (κ1) is 16.7. The van der Waals surface area contributed by atoms with E-state index in [1.807, 2.05) is 6.92 Å². The van der Waals surface area contributed by atoms with Gasteiger partial charge in [0, 0.05) is 31.1 Å². The van der Waals surface area contributed by atoms with Gasteiger partial charge in [-0.25, -0.2) is 0 Å². The smallest absolute Gasteiger partial charge is 0.282 e. The van der Waals surface area contributed by atoms with E-state index in [1.54, 1.807) is 17.0 Å². The number of carbonyl (C=O) groups is 1. The van der Waals surface area contributed by atoms with Gasteiger partial charge in [-0.05, 0) is 37.9 Å². The van der Waals surface area contributed by atoms with Crippen molar-refractivity contribution in [1.29, 1.82) is 0 Å². The summed E-state index contributed by atoms with van der Waals surface area (Å²) in [5.74, 6) is -0.214. The maximum absolute atomic E-state index is 12.7. The summed E-state index contributed by atoms with van der Waals surface area (Å²) in [5, 5.41) is 14.5. The Morgan fingerprint density at radius 2 is 2.18 bits per heavy atom. The van der Waals surface area contributed by atoms with Crippen molar-refractivity contribution in [2.75, 3.05) is 26.2 Å². The molecule has 0 saturated carbocycles. The van der Waals surface area contributed by atoms with E-state index < -0.39 is 4.92 Å². The number of carbonyl (C=O) groups excluding carboxylic acids is 1. The van der Waals surface area contributed by atoms with Crippen molar-refractivity contribution < 1.29 is 9.72 Å². The van der Waals surface area contributed by atoms with Crippen molar-refractivity contribution in [1.82, 2.24) is 10.2 Å². The Morgan fingerprint density at radius 1 is 1.41 bits per heavy atom. The van der Waals surface area contributed by atoms with Crippen molar-refractivity contribution in [2.45, 2.75) is 19.8 Å². The number of nitro groups is 1. The van der Waals surface area contributed by atoms with Crippen molar-refractivity contribution in [3.05, 3.63) is 39.4 Å². The lowest BCUT2D eigenvalue weighted by molar-refractivity contribution is -0.385. The summed E-state index contributed by atoms with van der Waals surface area (Å²) in [6.07, 6.45) is 2.05. The topological polar surface area (TPSA) is 75.5 Å². The van der Waals surface area contributed by atoms with Crippen LogP contribution in [-0.4, -0.2) is 41.9 Å². The van der Waals surface area contributed by atoms with Crippen LogP contribution in [0.25, 0.3) is 0 Å². The molecule has 120 valence electrons. The second kappa shape index (κ2) is 6.22. The zero-order chi connectivity index (χ0) is 15.0. The minimum Gasteiger partial charge on any atom is -0.338 e. The number of aryl methyl sites for hydroxylation is 1. The second-order valence-corrected chi connectivity index (χ2v) is 6.18. The standard InChI is InChI=1S/C15H19N3O3.ClH/c1-11-2-3-13(18(20)21)12(8-11)14(19)17-7-5-15(10-17)4-6-16-9-15;/h2-3,8,16H,4-7,9-10H2,1H3;1H. The molecule has 1 spiro atoms. The Kier molecular flexibility index (Phi) is 4.72. The number of amides is 1. The highest BCUT2D eigenvalue weighted by atomic mass is 35.5. The molecule has 1 aromatic rings. The normalized spacial score (nSPS) is 23.6. The van der Waals surface area contributed by atoms with Gasteiger partial charge in [-0.15, -0.1) is 12.4 Å². The van der Waals surface area contributed by atoms with Crippen molar-refractivity contribution >= 4 is 24.0 Å². The number of nitrogens with zero attached hydrogens (tertiary/aromatic N) is 2. The zero-order valence-electron chi connectivity index (χ0n) is 12.5. The molecule has 1 aromatic carbocycles. The lowest BCUT2D eigenvalue weighted by atomic mass is 9.86.